The summed E-state index contributed by atoms with van der Waals surface area (Å²) in [4.78, 5) is 72.5. The number of ether oxygens (including phenoxy) is 4. The largest absolute Gasteiger partial charge is 0.472 e. The molecule has 0 aromatic rings. The van der Waals surface area contributed by atoms with Crippen molar-refractivity contribution in [2.45, 2.75) is 362 Å². The average Bonchev–Trinajstić information content (AvgIpc) is 3.65. The summed E-state index contributed by atoms with van der Waals surface area (Å²) < 4.78 is 68.2. The summed E-state index contributed by atoms with van der Waals surface area (Å²) in [6.45, 7) is 11.7. The Kier molecular flexibility index (Phi) is 58.7. The highest BCUT2D eigenvalue weighted by Crippen LogP contribution is 2.45. The van der Waals surface area contributed by atoms with Gasteiger partial charge in [0.05, 0.1) is 26.4 Å². The van der Waals surface area contributed by atoms with Crippen LogP contribution >= 0.6 is 15.6 Å². The summed E-state index contributed by atoms with van der Waals surface area (Å²) in [7, 11) is -9.90. The molecule has 0 aliphatic rings. The summed E-state index contributed by atoms with van der Waals surface area (Å²) in [6, 6.07) is 0. The van der Waals surface area contributed by atoms with E-state index in [4.69, 9.17) is 37.0 Å². The number of esters is 4. The molecule has 3 N–H and O–H groups in total. The summed E-state index contributed by atoms with van der Waals surface area (Å²) >= 11 is 0. The van der Waals surface area contributed by atoms with E-state index in [0.29, 0.717) is 37.5 Å². The minimum Gasteiger partial charge on any atom is -0.462 e. The van der Waals surface area contributed by atoms with Crippen molar-refractivity contribution < 1.29 is 80.2 Å². The first kappa shape index (κ1) is 86.1. The molecule has 0 fully saturated rings. The maximum absolute atomic E-state index is 13.0. The van der Waals surface area contributed by atoms with Gasteiger partial charge in [-0.3, -0.25) is 37.3 Å². The third-order valence-corrected chi connectivity index (χ3v) is 18.1. The SMILES string of the molecule is CCCCCCCCCCCCCCCCC(=O)OC[C@H](COP(=O)(O)OC[C@@H](O)COP(=O)(O)OC[C@@H](COC(=O)CCCCCCCCCC(C)C)OC(=O)CCCCCCCCCC(C)C)OC(=O)CCCCCCCCCCCCC(C)CC. The first-order chi connectivity index (χ1) is 42.3. The van der Waals surface area contributed by atoms with Crippen molar-refractivity contribution in [3.63, 3.8) is 0 Å². The highest BCUT2D eigenvalue weighted by molar-refractivity contribution is 7.47. The molecule has 0 spiro atoms. The van der Waals surface area contributed by atoms with Crippen molar-refractivity contribution >= 4 is 39.5 Å². The van der Waals surface area contributed by atoms with Crippen LogP contribution in [0, 0.1) is 17.8 Å². The van der Waals surface area contributed by atoms with Crippen LogP contribution in [0.15, 0.2) is 0 Å². The first-order valence-electron chi connectivity index (χ1n) is 35.9. The monoisotopic (exact) mass is 1300 g/mol. The van der Waals surface area contributed by atoms with Crippen molar-refractivity contribution in [2.24, 2.45) is 17.8 Å². The van der Waals surface area contributed by atoms with Gasteiger partial charge in [-0.2, -0.15) is 0 Å². The minimum absolute atomic E-state index is 0.102. The zero-order chi connectivity index (χ0) is 65.2. The van der Waals surface area contributed by atoms with Crippen LogP contribution < -0.4 is 0 Å². The van der Waals surface area contributed by atoms with Gasteiger partial charge in [-0.05, 0) is 43.4 Å². The fourth-order valence-corrected chi connectivity index (χ4v) is 11.9. The van der Waals surface area contributed by atoms with Crippen LogP contribution in [0.3, 0.4) is 0 Å². The second-order valence-electron chi connectivity index (χ2n) is 26.1. The Hall–Kier alpha value is -1.94. The molecular weight excluding hydrogens is 1160 g/mol. The highest BCUT2D eigenvalue weighted by atomic mass is 31.2. The standard InChI is InChI=1S/C69H134O17P2/c1-8-10-11-12-13-14-15-16-17-18-22-29-36-43-50-66(71)79-56-64(85-68(73)52-45-38-30-23-20-19-21-28-35-42-49-62(7)9-2)58-83-87(75,76)81-54-63(70)55-82-88(77,78)84-59-65(86-69(74)53-46-39-32-25-27-34-41-48-61(5)6)57-80-67(72)51-44-37-31-24-26-33-40-47-60(3)4/h60-65,70H,8-59H2,1-7H3,(H,75,76)(H,77,78)/t62?,63-,64-,65-/m1/s1. The predicted molar refractivity (Wildman–Crippen MR) is 354 cm³/mol. The molecule has 0 rings (SSSR count). The predicted octanol–water partition coefficient (Wildman–Crippen LogP) is 19.5. The number of hydrogen-bond donors (Lipinski definition) is 3. The van der Waals surface area contributed by atoms with Crippen molar-refractivity contribution in [3.05, 3.63) is 0 Å². The van der Waals surface area contributed by atoms with Crippen LogP contribution in [0.4, 0.5) is 0 Å². The second kappa shape index (κ2) is 60.0. The van der Waals surface area contributed by atoms with Crippen LogP contribution in [-0.4, -0.2) is 96.7 Å². The number of phosphoric ester groups is 2. The molecule has 19 heteroatoms. The Morgan fingerprint density at radius 3 is 0.864 bits per heavy atom. The van der Waals surface area contributed by atoms with Gasteiger partial charge in [0.1, 0.15) is 19.3 Å². The smallest absolute Gasteiger partial charge is 0.462 e. The number of rotatable bonds is 67. The Morgan fingerprint density at radius 1 is 0.330 bits per heavy atom. The molecule has 522 valence electrons. The molecule has 6 atom stereocenters. The van der Waals surface area contributed by atoms with Gasteiger partial charge in [-0.1, -0.05) is 292 Å². The van der Waals surface area contributed by atoms with Crippen molar-refractivity contribution in [1.82, 2.24) is 0 Å². The summed E-state index contributed by atoms with van der Waals surface area (Å²) in [5.74, 6) is 0.0737. The second-order valence-corrected chi connectivity index (χ2v) is 29.0. The molecule has 0 bridgehead atoms. The van der Waals surface area contributed by atoms with Gasteiger partial charge in [-0.25, -0.2) is 9.13 Å². The molecule has 0 aliphatic heterocycles. The number of aliphatic hydroxyl groups excluding tert-OH is 1. The molecule has 17 nitrogen and oxygen atoms in total. The molecular formula is C69H134O17P2. The van der Waals surface area contributed by atoms with Gasteiger partial charge in [0.15, 0.2) is 12.2 Å². The maximum Gasteiger partial charge on any atom is 0.472 e. The topological polar surface area (TPSA) is 237 Å². The van der Waals surface area contributed by atoms with E-state index in [9.17, 15) is 43.2 Å². The first-order valence-corrected chi connectivity index (χ1v) is 38.9. The van der Waals surface area contributed by atoms with Crippen LogP contribution in [-0.2, 0) is 65.4 Å². The number of carbonyl (C=O) groups is 4. The summed E-state index contributed by atoms with van der Waals surface area (Å²) in [5.41, 5.74) is 0. The molecule has 0 aromatic heterocycles. The number of unbranched alkanes of at least 4 members (excludes halogenated alkanes) is 34. The van der Waals surface area contributed by atoms with E-state index in [0.717, 1.165) is 102 Å². The highest BCUT2D eigenvalue weighted by Gasteiger charge is 2.30. The number of phosphoric acid groups is 2. The molecule has 0 amide bonds. The van der Waals surface area contributed by atoms with Gasteiger partial charge in [-0.15, -0.1) is 0 Å². The lowest BCUT2D eigenvalue weighted by atomic mass is 9.99. The third-order valence-electron chi connectivity index (χ3n) is 16.2. The Bertz CT molecular complexity index is 1730. The van der Waals surface area contributed by atoms with E-state index >= 15 is 0 Å². The molecule has 0 aliphatic carbocycles. The van der Waals surface area contributed by atoms with Crippen LogP contribution in [0.5, 0.6) is 0 Å². The van der Waals surface area contributed by atoms with E-state index in [-0.39, 0.29) is 25.7 Å². The molecule has 0 radical (unpaired) electrons. The number of aliphatic hydroxyl groups is 1. The van der Waals surface area contributed by atoms with Gasteiger partial charge in [0.25, 0.3) is 0 Å². The lowest BCUT2D eigenvalue weighted by molar-refractivity contribution is -0.161. The zero-order valence-corrected chi connectivity index (χ0v) is 59.0. The Morgan fingerprint density at radius 2 is 0.580 bits per heavy atom. The number of hydrogen-bond acceptors (Lipinski definition) is 15. The normalized spacial score (nSPS) is 14.5. The minimum atomic E-state index is -4.95. The van der Waals surface area contributed by atoms with E-state index in [1.54, 1.807) is 0 Å². The van der Waals surface area contributed by atoms with Gasteiger partial charge in [0.2, 0.25) is 0 Å². The van der Waals surface area contributed by atoms with Gasteiger partial charge < -0.3 is 33.8 Å². The number of carbonyl (C=O) groups excluding carboxylic acids is 4. The quantitative estimate of drug-likeness (QED) is 0.0222. The van der Waals surface area contributed by atoms with E-state index < -0.39 is 97.5 Å². The Labute approximate surface area is 537 Å². The molecule has 3 unspecified atom stereocenters. The van der Waals surface area contributed by atoms with E-state index in [1.165, 1.54) is 148 Å². The van der Waals surface area contributed by atoms with Crippen molar-refractivity contribution in [2.75, 3.05) is 39.6 Å². The summed E-state index contributed by atoms with van der Waals surface area (Å²) in [5, 5.41) is 10.6. The Balaban J connectivity index is 5.25. The van der Waals surface area contributed by atoms with Crippen LogP contribution in [0.1, 0.15) is 344 Å². The van der Waals surface area contributed by atoms with E-state index in [1.807, 2.05) is 0 Å². The fraction of sp³-hybridized carbons (Fsp3) is 0.942. The molecule has 88 heavy (non-hydrogen) atoms. The van der Waals surface area contributed by atoms with Crippen molar-refractivity contribution in [1.29, 1.82) is 0 Å². The maximum atomic E-state index is 13.0. The van der Waals surface area contributed by atoms with Crippen molar-refractivity contribution in [3.8, 4) is 0 Å². The molecule has 0 aromatic carbocycles. The van der Waals surface area contributed by atoms with Crippen LogP contribution in [0.2, 0.25) is 0 Å². The fourth-order valence-electron chi connectivity index (χ4n) is 10.3. The van der Waals surface area contributed by atoms with Crippen LogP contribution in [0.25, 0.3) is 0 Å². The average molecular weight is 1300 g/mol. The van der Waals surface area contributed by atoms with Gasteiger partial charge >= 0.3 is 39.5 Å². The zero-order valence-electron chi connectivity index (χ0n) is 57.2. The molecule has 0 heterocycles. The lowest BCUT2D eigenvalue weighted by Gasteiger charge is -2.21. The third kappa shape index (κ3) is 61.6. The van der Waals surface area contributed by atoms with E-state index in [2.05, 4.69) is 48.5 Å². The lowest BCUT2D eigenvalue weighted by Crippen LogP contribution is -2.30. The molecule has 0 saturated heterocycles. The van der Waals surface area contributed by atoms with Gasteiger partial charge in [0, 0.05) is 25.7 Å². The summed E-state index contributed by atoms with van der Waals surface area (Å²) in [6.07, 6.45) is 43.1. The molecule has 0 saturated carbocycles.